The van der Waals surface area contributed by atoms with Crippen LogP contribution in [0.5, 0.6) is 0 Å². The van der Waals surface area contributed by atoms with Gasteiger partial charge in [0.15, 0.2) is 11.8 Å². The minimum atomic E-state index is -1.42. The molecule has 2 heterocycles. The van der Waals surface area contributed by atoms with Crippen LogP contribution in [-0.4, -0.2) is 80.5 Å². The number of benzene rings is 1. The first kappa shape index (κ1) is 20.9. The average Bonchev–Trinajstić information content (AvgIpc) is 2.96. The molecule has 1 aromatic carbocycles. The Morgan fingerprint density at radius 1 is 1.07 bits per heavy atom. The van der Waals surface area contributed by atoms with E-state index in [1.54, 1.807) is 12.1 Å². The number of hydrogen-bond acceptors (Lipinski definition) is 8. The highest BCUT2D eigenvalue weighted by molar-refractivity contribution is 6.27. The predicted molar refractivity (Wildman–Crippen MR) is 103 cm³/mol. The number of imide groups is 1. The van der Waals surface area contributed by atoms with Crippen LogP contribution in [0.1, 0.15) is 27.1 Å². The highest BCUT2D eigenvalue weighted by Crippen LogP contribution is 2.31. The number of anilines is 1. The Morgan fingerprint density at radius 3 is 2.55 bits per heavy atom. The van der Waals surface area contributed by atoms with E-state index in [-0.39, 0.29) is 24.1 Å². The summed E-state index contributed by atoms with van der Waals surface area (Å²) in [6, 6.07) is 3.40. The third-order valence-electron chi connectivity index (χ3n) is 4.62. The van der Waals surface area contributed by atoms with Crippen LogP contribution in [0.15, 0.2) is 18.2 Å². The molecule has 0 radical (unpaired) electrons. The van der Waals surface area contributed by atoms with Crippen LogP contribution in [0.25, 0.3) is 0 Å². The largest absolute Gasteiger partial charge is 0.382 e. The fourth-order valence-electron chi connectivity index (χ4n) is 3.30. The van der Waals surface area contributed by atoms with Crippen molar-refractivity contribution in [3.8, 4) is 0 Å². The second-order valence-electron chi connectivity index (χ2n) is 6.56. The van der Waals surface area contributed by atoms with Gasteiger partial charge in [-0.15, -0.1) is 0 Å². The first-order valence-electron chi connectivity index (χ1n) is 9.47. The van der Waals surface area contributed by atoms with Gasteiger partial charge in [-0.2, -0.15) is 0 Å². The molecule has 0 aliphatic carbocycles. The lowest BCUT2D eigenvalue weighted by Crippen LogP contribution is -2.57. The van der Waals surface area contributed by atoms with Gasteiger partial charge in [0.1, 0.15) is 0 Å². The zero-order valence-corrected chi connectivity index (χ0v) is 15.9. The predicted octanol–water partition coefficient (Wildman–Crippen LogP) is -0.856. The van der Waals surface area contributed by atoms with E-state index < -0.39 is 29.5 Å². The summed E-state index contributed by atoms with van der Waals surface area (Å²) in [5.74, 6) is -2.37. The molecule has 10 heteroatoms. The Labute approximate surface area is 167 Å². The Morgan fingerprint density at radius 2 is 1.83 bits per heavy atom. The summed E-state index contributed by atoms with van der Waals surface area (Å²) in [7, 11) is 0. The molecule has 1 saturated heterocycles. The van der Waals surface area contributed by atoms with Crippen LogP contribution >= 0.6 is 0 Å². The molecule has 0 bridgehead atoms. The summed E-state index contributed by atoms with van der Waals surface area (Å²) in [5.41, 5.74) is 6.11. The number of ether oxygens (including phenoxy) is 2. The van der Waals surface area contributed by atoms with Crippen LogP contribution in [-0.2, 0) is 19.1 Å². The molecular weight excluding hydrogens is 380 g/mol. The molecule has 0 saturated carbocycles. The summed E-state index contributed by atoms with van der Waals surface area (Å²) in [5, 5.41) is 5.61. The summed E-state index contributed by atoms with van der Waals surface area (Å²) in [4.78, 5) is 50.8. The van der Waals surface area contributed by atoms with Gasteiger partial charge in [0.2, 0.25) is 0 Å². The normalized spacial score (nSPS) is 18.8. The molecule has 3 rings (SSSR count). The van der Waals surface area contributed by atoms with Crippen molar-refractivity contribution in [3.05, 3.63) is 29.3 Å². The standard InChI is InChI=1S/C19H24N4O6/c20-5-8-28-10-11-29-9-7-21-13-3-1-2-12-15(13)19(27)23(18(12)26)16-14(24)4-6-22-17(16)25/h1-3,16,21H,4-11,20H2,(H,22,25). The number of nitrogens with one attached hydrogen (secondary N) is 2. The molecule has 1 unspecified atom stereocenters. The van der Waals surface area contributed by atoms with Crippen molar-refractivity contribution in [1.82, 2.24) is 10.2 Å². The lowest BCUT2D eigenvalue weighted by molar-refractivity contribution is -0.136. The SMILES string of the molecule is NCCOCCOCCNc1cccc2c1C(=O)N(C1C(=O)CCNC1=O)C2=O. The molecule has 156 valence electrons. The van der Waals surface area contributed by atoms with Crippen molar-refractivity contribution in [2.45, 2.75) is 12.5 Å². The Hall–Kier alpha value is -2.82. The molecule has 1 aromatic rings. The minimum Gasteiger partial charge on any atom is -0.382 e. The van der Waals surface area contributed by atoms with Gasteiger partial charge in [0, 0.05) is 31.7 Å². The highest BCUT2D eigenvalue weighted by Gasteiger charge is 2.47. The van der Waals surface area contributed by atoms with Gasteiger partial charge in [-0.25, -0.2) is 0 Å². The van der Waals surface area contributed by atoms with Crippen LogP contribution in [0.3, 0.4) is 0 Å². The number of fused-ring (bicyclic) bond motifs is 1. The third-order valence-corrected chi connectivity index (χ3v) is 4.62. The zero-order chi connectivity index (χ0) is 20.8. The van der Waals surface area contributed by atoms with Crippen molar-refractivity contribution in [2.75, 3.05) is 51.4 Å². The number of amides is 3. The van der Waals surface area contributed by atoms with E-state index in [2.05, 4.69) is 10.6 Å². The van der Waals surface area contributed by atoms with Gasteiger partial charge in [0.05, 0.1) is 37.6 Å². The number of hydrogen-bond donors (Lipinski definition) is 3. The van der Waals surface area contributed by atoms with Gasteiger partial charge in [-0.3, -0.25) is 24.1 Å². The van der Waals surface area contributed by atoms with E-state index >= 15 is 0 Å². The number of nitrogens with two attached hydrogens (primary N) is 1. The van der Waals surface area contributed by atoms with E-state index in [0.717, 1.165) is 4.90 Å². The molecule has 4 N–H and O–H groups in total. The van der Waals surface area contributed by atoms with Gasteiger partial charge in [-0.05, 0) is 12.1 Å². The minimum absolute atomic E-state index is 0.0846. The molecule has 1 atom stereocenters. The number of nitrogens with zero attached hydrogens (tertiary/aromatic N) is 1. The quantitative estimate of drug-likeness (QED) is 0.260. The fourth-order valence-corrected chi connectivity index (χ4v) is 3.30. The fraction of sp³-hybridized carbons (Fsp3) is 0.474. The highest BCUT2D eigenvalue weighted by atomic mass is 16.5. The van der Waals surface area contributed by atoms with E-state index in [4.69, 9.17) is 15.2 Å². The van der Waals surface area contributed by atoms with Gasteiger partial charge < -0.3 is 25.8 Å². The van der Waals surface area contributed by atoms with Crippen molar-refractivity contribution in [3.63, 3.8) is 0 Å². The number of ketones is 1. The second kappa shape index (κ2) is 9.59. The zero-order valence-electron chi connectivity index (χ0n) is 15.9. The lowest BCUT2D eigenvalue weighted by atomic mass is 10.0. The van der Waals surface area contributed by atoms with Crippen molar-refractivity contribution >= 4 is 29.2 Å². The number of rotatable bonds is 10. The molecule has 3 amide bonds. The summed E-state index contributed by atoms with van der Waals surface area (Å²) in [6.45, 7) is 2.77. The molecule has 0 spiro atoms. The molecule has 10 nitrogen and oxygen atoms in total. The Balaban J connectivity index is 1.64. The molecule has 2 aliphatic heterocycles. The Bertz CT molecular complexity index is 796. The first-order valence-corrected chi connectivity index (χ1v) is 9.47. The summed E-state index contributed by atoms with van der Waals surface area (Å²) >= 11 is 0. The lowest BCUT2D eigenvalue weighted by Gasteiger charge is -2.27. The van der Waals surface area contributed by atoms with E-state index in [1.165, 1.54) is 6.07 Å². The van der Waals surface area contributed by atoms with E-state index in [9.17, 15) is 19.2 Å². The number of carbonyl (C=O) groups excluding carboxylic acids is 4. The molecular formula is C19H24N4O6. The van der Waals surface area contributed by atoms with Crippen LogP contribution in [0, 0.1) is 0 Å². The van der Waals surface area contributed by atoms with E-state index in [1.807, 2.05) is 0 Å². The van der Waals surface area contributed by atoms with Crippen LogP contribution in [0.2, 0.25) is 0 Å². The number of piperidine rings is 1. The first-order chi connectivity index (χ1) is 14.1. The Kier molecular flexibility index (Phi) is 6.91. The molecule has 1 fully saturated rings. The maximum atomic E-state index is 12.9. The smallest absolute Gasteiger partial charge is 0.264 e. The monoisotopic (exact) mass is 404 g/mol. The average molecular weight is 404 g/mol. The topological polar surface area (TPSA) is 140 Å². The third kappa shape index (κ3) is 4.44. The van der Waals surface area contributed by atoms with Crippen molar-refractivity contribution in [1.29, 1.82) is 0 Å². The molecule has 2 aliphatic rings. The van der Waals surface area contributed by atoms with Crippen molar-refractivity contribution in [2.24, 2.45) is 5.73 Å². The van der Waals surface area contributed by atoms with E-state index in [0.29, 0.717) is 45.2 Å². The maximum absolute atomic E-state index is 12.9. The number of carbonyl (C=O) groups is 4. The second-order valence-corrected chi connectivity index (χ2v) is 6.56. The van der Waals surface area contributed by atoms with Gasteiger partial charge in [0.25, 0.3) is 17.7 Å². The summed E-state index contributed by atoms with van der Waals surface area (Å²) < 4.78 is 10.6. The van der Waals surface area contributed by atoms with Gasteiger partial charge in [-0.1, -0.05) is 6.07 Å². The molecule has 0 aromatic heterocycles. The van der Waals surface area contributed by atoms with Crippen molar-refractivity contribution < 1.29 is 28.7 Å². The van der Waals surface area contributed by atoms with Crippen LogP contribution in [0.4, 0.5) is 5.69 Å². The summed E-state index contributed by atoms with van der Waals surface area (Å²) in [6.07, 6.45) is 0.0846. The van der Waals surface area contributed by atoms with Crippen LogP contribution < -0.4 is 16.4 Å². The molecule has 29 heavy (non-hydrogen) atoms. The number of Topliss-reactive ketones (excluding diaryl/α,β-unsaturated/α-hetero) is 1. The van der Waals surface area contributed by atoms with Gasteiger partial charge >= 0.3 is 0 Å². The maximum Gasteiger partial charge on any atom is 0.264 e.